The zero-order valence-corrected chi connectivity index (χ0v) is 10.5. The Labute approximate surface area is 102 Å². The van der Waals surface area contributed by atoms with Crippen molar-refractivity contribution < 1.29 is 4.79 Å². The molecule has 94 valence electrons. The van der Waals surface area contributed by atoms with Crippen molar-refractivity contribution in [2.45, 2.75) is 38.3 Å². The lowest BCUT2D eigenvalue weighted by Crippen LogP contribution is -2.57. The van der Waals surface area contributed by atoms with Gasteiger partial charge in [0.1, 0.15) is 5.54 Å². The maximum absolute atomic E-state index is 12.3. The zero-order valence-electron chi connectivity index (χ0n) is 10.5. The number of hydrogen-bond acceptors (Lipinski definition) is 3. The Morgan fingerprint density at radius 3 is 3.06 bits per heavy atom. The van der Waals surface area contributed by atoms with E-state index >= 15 is 0 Å². The van der Waals surface area contributed by atoms with Crippen LogP contribution in [0.4, 0.5) is 0 Å². The quantitative estimate of drug-likeness (QED) is 0.670. The summed E-state index contributed by atoms with van der Waals surface area (Å²) in [6.07, 6.45) is 2.02. The Morgan fingerprint density at radius 1 is 1.47 bits per heavy atom. The fourth-order valence-corrected chi connectivity index (χ4v) is 3.28. The lowest BCUT2D eigenvalue weighted by Gasteiger charge is -2.37. The molecule has 3 heterocycles. The van der Waals surface area contributed by atoms with Gasteiger partial charge in [0.25, 0.3) is 5.91 Å². The molecule has 3 aliphatic heterocycles. The number of amides is 1. The van der Waals surface area contributed by atoms with Gasteiger partial charge in [-0.3, -0.25) is 15.1 Å². The van der Waals surface area contributed by atoms with Crippen molar-refractivity contribution in [1.29, 1.82) is 0 Å². The van der Waals surface area contributed by atoms with Gasteiger partial charge in [0.2, 0.25) is 0 Å². The molecule has 3 atom stereocenters. The average molecular weight is 236 g/mol. The standard InChI is InChI=1S/C12H20N4O/c1-8(2)13-11-14-10(17)12(15-11)4-6-16-5-3-9(12)7-16/h8-9H,3-7H2,1-2H3,(H2,13,14,15,17). The van der Waals surface area contributed by atoms with Crippen LogP contribution in [0.5, 0.6) is 0 Å². The van der Waals surface area contributed by atoms with E-state index in [0.29, 0.717) is 11.9 Å². The molecule has 0 aromatic heterocycles. The van der Waals surface area contributed by atoms with Crippen LogP contribution in [-0.2, 0) is 4.79 Å². The largest absolute Gasteiger partial charge is 0.341 e. The molecule has 0 saturated carbocycles. The lowest BCUT2D eigenvalue weighted by molar-refractivity contribution is -0.126. The predicted octanol–water partition coefficient (Wildman–Crippen LogP) is -0.0654. The van der Waals surface area contributed by atoms with Gasteiger partial charge in [-0.25, -0.2) is 0 Å². The average Bonchev–Trinajstić information content (AvgIpc) is 2.77. The Hall–Kier alpha value is -1.10. The smallest absolute Gasteiger partial charge is 0.252 e. The first-order valence-electron chi connectivity index (χ1n) is 6.50. The number of carbonyl (C=O) groups excluding carboxylic acids is 1. The summed E-state index contributed by atoms with van der Waals surface area (Å²) in [6, 6.07) is 0.205. The van der Waals surface area contributed by atoms with E-state index in [1.807, 2.05) is 13.8 Å². The monoisotopic (exact) mass is 236 g/mol. The minimum atomic E-state index is -0.374. The van der Waals surface area contributed by atoms with Crippen LogP contribution in [0.3, 0.4) is 0 Å². The molecule has 3 fully saturated rings. The van der Waals surface area contributed by atoms with Crippen LogP contribution in [0, 0.1) is 5.92 Å². The normalized spacial score (nSPS) is 42.3. The Bertz CT molecular complexity index is 379. The summed E-state index contributed by atoms with van der Waals surface area (Å²) in [5.74, 6) is 1.24. The molecule has 1 amide bonds. The van der Waals surface area contributed by atoms with Crippen LogP contribution < -0.4 is 10.6 Å². The van der Waals surface area contributed by atoms with Gasteiger partial charge in [-0.15, -0.1) is 0 Å². The number of aliphatic imine (C=N–C) groups is 1. The first-order chi connectivity index (χ1) is 8.10. The van der Waals surface area contributed by atoms with Gasteiger partial charge < -0.3 is 10.2 Å². The summed E-state index contributed by atoms with van der Waals surface area (Å²) in [4.78, 5) is 19.1. The van der Waals surface area contributed by atoms with Gasteiger partial charge in [-0.05, 0) is 33.2 Å². The Balaban J connectivity index is 1.86. The summed E-state index contributed by atoms with van der Waals surface area (Å²) in [5, 5.41) is 6.29. The summed E-state index contributed by atoms with van der Waals surface area (Å²) >= 11 is 0. The molecule has 2 N–H and O–H groups in total. The van der Waals surface area contributed by atoms with E-state index in [0.717, 1.165) is 32.5 Å². The van der Waals surface area contributed by atoms with Gasteiger partial charge in [-0.2, -0.15) is 0 Å². The second-order valence-electron chi connectivity index (χ2n) is 5.66. The third-order valence-corrected chi connectivity index (χ3v) is 4.16. The minimum Gasteiger partial charge on any atom is -0.341 e. The van der Waals surface area contributed by atoms with Crippen molar-refractivity contribution in [3.8, 4) is 0 Å². The van der Waals surface area contributed by atoms with Crippen molar-refractivity contribution in [2.24, 2.45) is 10.9 Å². The molecule has 3 aliphatic rings. The van der Waals surface area contributed by atoms with Crippen LogP contribution in [-0.4, -0.2) is 48.0 Å². The maximum Gasteiger partial charge on any atom is 0.252 e. The number of rotatable bonds is 1. The van der Waals surface area contributed by atoms with Crippen LogP contribution in [0.25, 0.3) is 0 Å². The summed E-state index contributed by atoms with van der Waals surface area (Å²) in [5.41, 5.74) is -0.374. The second-order valence-corrected chi connectivity index (χ2v) is 5.66. The van der Waals surface area contributed by atoms with Crippen LogP contribution >= 0.6 is 0 Å². The lowest BCUT2D eigenvalue weighted by atomic mass is 9.79. The van der Waals surface area contributed by atoms with Gasteiger partial charge in [0, 0.05) is 25.0 Å². The van der Waals surface area contributed by atoms with Crippen LogP contribution in [0.2, 0.25) is 0 Å². The molecule has 3 saturated heterocycles. The number of piperidine rings is 1. The topological polar surface area (TPSA) is 56.7 Å². The number of guanidine groups is 1. The molecule has 5 nitrogen and oxygen atoms in total. The molecule has 17 heavy (non-hydrogen) atoms. The van der Waals surface area contributed by atoms with Crippen LogP contribution in [0.1, 0.15) is 26.7 Å². The Morgan fingerprint density at radius 2 is 2.29 bits per heavy atom. The third kappa shape index (κ3) is 1.64. The van der Waals surface area contributed by atoms with Crippen molar-refractivity contribution in [3.05, 3.63) is 0 Å². The number of hydrogen-bond donors (Lipinski definition) is 2. The van der Waals surface area contributed by atoms with E-state index in [2.05, 4.69) is 20.5 Å². The molecule has 3 unspecified atom stereocenters. The van der Waals surface area contributed by atoms with Gasteiger partial charge in [-0.1, -0.05) is 0 Å². The SMILES string of the molecule is CC(C)N=C1NC(=O)C2(CCN3CCC2C3)N1. The van der Waals surface area contributed by atoms with Gasteiger partial charge >= 0.3 is 0 Å². The van der Waals surface area contributed by atoms with Crippen molar-refractivity contribution in [3.63, 3.8) is 0 Å². The number of nitrogens with zero attached hydrogens (tertiary/aromatic N) is 2. The van der Waals surface area contributed by atoms with Gasteiger partial charge in [0.15, 0.2) is 5.96 Å². The summed E-state index contributed by atoms with van der Waals surface area (Å²) in [6.45, 7) is 7.24. The zero-order chi connectivity index (χ0) is 12.0. The highest BCUT2D eigenvalue weighted by Gasteiger charge is 2.55. The van der Waals surface area contributed by atoms with E-state index in [-0.39, 0.29) is 17.5 Å². The van der Waals surface area contributed by atoms with E-state index < -0.39 is 0 Å². The van der Waals surface area contributed by atoms with E-state index in [4.69, 9.17) is 0 Å². The highest BCUT2D eigenvalue weighted by molar-refractivity contribution is 6.09. The molecule has 0 aromatic carbocycles. The van der Waals surface area contributed by atoms with Crippen LogP contribution in [0.15, 0.2) is 4.99 Å². The third-order valence-electron chi connectivity index (χ3n) is 4.16. The molecule has 0 aliphatic carbocycles. The van der Waals surface area contributed by atoms with Gasteiger partial charge in [0.05, 0.1) is 0 Å². The van der Waals surface area contributed by atoms with Crippen molar-refractivity contribution in [1.82, 2.24) is 15.5 Å². The molecular formula is C12H20N4O. The fraction of sp³-hybridized carbons (Fsp3) is 0.833. The van der Waals surface area contributed by atoms with Crippen molar-refractivity contribution >= 4 is 11.9 Å². The van der Waals surface area contributed by atoms with E-state index in [1.165, 1.54) is 0 Å². The Kier molecular flexibility index (Phi) is 2.40. The molecular weight excluding hydrogens is 216 g/mol. The van der Waals surface area contributed by atoms with E-state index in [1.54, 1.807) is 0 Å². The number of nitrogens with one attached hydrogen (secondary N) is 2. The van der Waals surface area contributed by atoms with Crippen molar-refractivity contribution in [2.75, 3.05) is 19.6 Å². The highest BCUT2D eigenvalue weighted by atomic mass is 16.2. The maximum atomic E-state index is 12.3. The number of carbonyl (C=O) groups is 1. The molecule has 5 heteroatoms. The molecule has 1 spiro atoms. The molecule has 0 radical (unpaired) electrons. The first-order valence-corrected chi connectivity index (χ1v) is 6.50. The molecule has 2 bridgehead atoms. The first kappa shape index (κ1) is 11.0. The number of fused-ring (bicyclic) bond motifs is 3. The second kappa shape index (κ2) is 3.70. The highest BCUT2D eigenvalue weighted by Crippen LogP contribution is 2.37. The van der Waals surface area contributed by atoms with E-state index in [9.17, 15) is 4.79 Å². The summed E-state index contributed by atoms with van der Waals surface area (Å²) < 4.78 is 0. The molecule has 3 rings (SSSR count). The summed E-state index contributed by atoms with van der Waals surface area (Å²) in [7, 11) is 0. The molecule has 0 aromatic rings. The minimum absolute atomic E-state index is 0.128. The fourth-order valence-electron chi connectivity index (χ4n) is 3.28. The predicted molar refractivity (Wildman–Crippen MR) is 65.7 cm³/mol.